The summed E-state index contributed by atoms with van der Waals surface area (Å²) in [6.07, 6.45) is 4.00. The monoisotopic (exact) mass is 136 g/mol. The Morgan fingerprint density at radius 3 is 2.80 bits per heavy atom. The quantitative estimate of drug-likeness (QED) is 0.578. The predicted octanol–water partition coefficient (Wildman–Crippen LogP) is 2.07. The lowest BCUT2D eigenvalue weighted by Gasteiger charge is -1.97. The van der Waals surface area contributed by atoms with Gasteiger partial charge in [0, 0.05) is 11.9 Å². The van der Waals surface area contributed by atoms with Gasteiger partial charge in [0.2, 0.25) is 0 Å². The zero-order valence-electron chi connectivity index (χ0n) is 6.63. The molecule has 1 aromatic rings. The SMILES string of the molecule is C/C=C(/C)n1ccc(C)n1. The summed E-state index contributed by atoms with van der Waals surface area (Å²) in [6, 6.07) is 1.99. The van der Waals surface area contributed by atoms with Crippen molar-refractivity contribution in [2.75, 3.05) is 0 Å². The molecule has 1 heterocycles. The Bertz CT molecular complexity index is 246. The van der Waals surface area contributed by atoms with Crippen molar-refractivity contribution in [1.29, 1.82) is 0 Å². The smallest absolute Gasteiger partial charge is 0.0598 e. The maximum Gasteiger partial charge on any atom is 0.0598 e. The summed E-state index contributed by atoms with van der Waals surface area (Å²) in [6.45, 7) is 6.03. The van der Waals surface area contributed by atoms with Gasteiger partial charge in [-0.05, 0) is 26.8 Å². The highest BCUT2D eigenvalue weighted by Crippen LogP contribution is 2.01. The van der Waals surface area contributed by atoms with E-state index in [1.165, 1.54) is 0 Å². The van der Waals surface area contributed by atoms with Gasteiger partial charge in [-0.3, -0.25) is 0 Å². The van der Waals surface area contributed by atoms with E-state index in [0.717, 1.165) is 11.4 Å². The average Bonchev–Trinajstić information content (AvgIpc) is 2.34. The topological polar surface area (TPSA) is 17.8 Å². The Kier molecular flexibility index (Phi) is 1.90. The first-order valence-corrected chi connectivity index (χ1v) is 3.39. The van der Waals surface area contributed by atoms with Crippen LogP contribution in [0, 0.1) is 6.92 Å². The highest BCUT2D eigenvalue weighted by Gasteiger charge is 1.92. The normalized spacial score (nSPS) is 12.1. The van der Waals surface area contributed by atoms with E-state index < -0.39 is 0 Å². The van der Waals surface area contributed by atoms with Gasteiger partial charge >= 0.3 is 0 Å². The largest absolute Gasteiger partial charge is 0.245 e. The van der Waals surface area contributed by atoms with Gasteiger partial charge in [0.1, 0.15) is 0 Å². The van der Waals surface area contributed by atoms with E-state index in [9.17, 15) is 0 Å². The molecule has 2 heteroatoms. The Balaban J connectivity index is 2.95. The van der Waals surface area contributed by atoms with Crippen molar-refractivity contribution in [1.82, 2.24) is 9.78 Å². The van der Waals surface area contributed by atoms with E-state index in [-0.39, 0.29) is 0 Å². The summed E-state index contributed by atoms with van der Waals surface area (Å²) < 4.78 is 1.87. The summed E-state index contributed by atoms with van der Waals surface area (Å²) in [7, 11) is 0. The Morgan fingerprint density at radius 1 is 1.70 bits per heavy atom. The van der Waals surface area contributed by atoms with Crippen LogP contribution < -0.4 is 0 Å². The van der Waals surface area contributed by atoms with Gasteiger partial charge in [-0.1, -0.05) is 6.08 Å². The van der Waals surface area contributed by atoms with Crippen LogP contribution in [-0.2, 0) is 0 Å². The van der Waals surface area contributed by atoms with Gasteiger partial charge < -0.3 is 0 Å². The second-order valence-electron chi connectivity index (χ2n) is 2.33. The zero-order valence-corrected chi connectivity index (χ0v) is 6.63. The molecule has 0 spiro atoms. The molecule has 10 heavy (non-hydrogen) atoms. The lowest BCUT2D eigenvalue weighted by molar-refractivity contribution is 0.875. The first-order chi connectivity index (χ1) is 4.74. The van der Waals surface area contributed by atoms with Gasteiger partial charge in [0.25, 0.3) is 0 Å². The molecule has 0 saturated carbocycles. The molecule has 1 rings (SSSR count). The summed E-state index contributed by atoms with van der Waals surface area (Å²) in [5, 5.41) is 4.23. The molecule has 0 atom stereocenters. The Labute approximate surface area is 61.2 Å². The molecule has 0 N–H and O–H groups in total. The van der Waals surface area contributed by atoms with Gasteiger partial charge in [-0.25, -0.2) is 4.68 Å². The maximum absolute atomic E-state index is 4.23. The first kappa shape index (κ1) is 7.06. The molecule has 0 saturated heterocycles. The van der Waals surface area contributed by atoms with Gasteiger partial charge in [-0.15, -0.1) is 0 Å². The second-order valence-corrected chi connectivity index (χ2v) is 2.33. The van der Waals surface area contributed by atoms with Crippen molar-refractivity contribution in [2.45, 2.75) is 20.8 Å². The molecule has 0 aliphatic rings. The molecule has 0 aliphatic heterocycles. The molecule has 2 nitrogen and oxygen atoms in total. The summed E-state index contributed by atoms with van der Waals surface area (Å²) in [5.74, 6) is 0. The minimum absolute atomic E-state index is 1.06. The number of hydrogen-bond donors (Lipinski definition) is 0. The number of nitrogens with zero attached hydrogens (tertiary/aromatic N) is 2. The van der Waals surface area contributed by atoms with Crippen LogP contribution in [0.5, 0.6) is 0 Å². The van der Waals surface area contributed by atoms with Crippen LogP contribution in [0.1, 0.15) is 19.5 Å². The third-order valence-corrected chi connectivity index (χ3v) is 1.50. The van der Waals surface area contributed by atoms with Crippen molar-refractivity contribution in [2.24, 2.45) is 0 Å². The lowest BCUT2D eigenvalue weighted by Crippen LogP contribution is -1.93. The standard InChI is InChI=1S/C8H12N2/c1-4-8(3)10-6-5-7(2)9-10/h4-6H,1-3H3/b8-4-. The van der Waals surface area contributed by atoms with Crippen LogP contribution in [0.3, 0.4) is 0 Å². The van der Waals surface area contributed by atoms with Gasteiger partial charge in [-0.2, -0.15) is 5.10 Å². The molecular formula is C8H12N2. The fourth-order valence-corrected chi connectivity index (χ4v) is 0.744. The van der Waals surface area contributed by atoms with E-state index in [1.807, 2.05) is 43.8 Å². The Morgan fingerprint density at radius 2 is 2.40 bits per heavy atom. The van der Waals surface area contributed by atoms with Crippen molar-refractivity contribution in [3.63, 3.8) is 0 Å². The summed E-state index contributed by atoms with van der Waals surface area (Å²) in [5.41, 5.74) is 2.22. The van der Waals surface area contributed by atoms with Crippen LogP contribution in [0.25, 0.3) is 5.70 Å². The summed E-state index contributed by atoms with van der Waals surface area (Å²) >= 11 is 0. The van der Waals surface area contributed by atoms with Crippen molar-refractivity contribution < 1.29 is 0 Å². The highest BCUT2D eigenvalue weighted by molar-refractivity contribution is 5.39. The molecule has 0 aromatic carbocycles. The van der Waals surface area contributed by atoms with Gasteiger partial charge in [0.15, 0.2) is 0 Å². The molecule has 0 aliphatic carbocycles. The first-order valence-electron chi connectivity index (χ1n) is 3.39. The van der Waals surface area contributed by atoms with Crippen LogP contribution in [0.2, 0.25) is 0 Å². The molecule has 0 unspecified atom stereocenters. The fraction of sp³-hybridized carbons (Fsp3) is 0.375. The minimum atomic E-state index is 1.06. The van der Waals surface area contributed by atoms with E-state index in [4.69, 9.17) is 0 Å². The third-order valence-electron chi connectivity index (χ3n) is 1.50. The van der Waals surface area contributed by atoms with Crippen molar-refractivity contribution in [3.8, 4) is 0 Å². The number of aromatic nitrogens is 2. The van der Waals surface area contributed by atoms with E-state index in [0.29, 0.717) is 0 Å². The number of allylic oxidation sites excluding steroid dienone is 2. The Hall–Kier alpha value is -1.05. The van der Waals surface area contributed by atoms with Gasteiger partial charge in [0.05, 0.1) is 5.69 Å². The molecule has 54 valence electrons. The van der Waals surface area contributed by atoms with Crippen LogP contribution in [0.15, 0.2) is 18.3 Å². The van der Waals surface area contributed by atoms with E-state index in [2.05, 4.69) is 5.10 Å². The van der Waals surface area contributed by atoms with Crippen LogP contribution in [-0.4, -0.2) is 9.78 Å². The lowest BCUT2D eigenvalue weighted by atomic mass is 10.5. The van der Waals surface area contributed by atoms with Crippen LogP contribution in [0.4, 0.5) is 0 Å². The highest BCUT2D eigenvalue weighted by atomic mass is 15.3. The third kappa shape index (κ3) is 1.26. The maximum atomic E-state index is 4.23. The molecular weight excluding hydrogens is 124 g/mol. The molecule has 1 aromatic heterocycles. The molecule has 0 amide bonds. The van der Waals surface area contributed by atoms with Crippen molar-refractivity contribution in [3.05, 3.63) is 24.0 Å². The van der Waals surface area contributed by atoms with Crippen molar-refractivity contribution >= 4 is 5.70 Å². The molecule has 0 radical (unpaired) electrons. The van der Waals surface area contributed by atoms with E-state index in [1.54, 1.807) is 0 Å². The zero-order chi connectivity index (χ0) is 7.56. The second kappa shape index (κ2) is 2.69. The molecule has 0 bridgehead atoms. The predicted molar refractivity (Wildman–Crippen MR) is 42.6 cm³/mol. The number of hydrogen-bond acceptors (Lipinski definition) is 1. The minimum Gasteiger partial charge on any atom is -0.245 e. The fourth-order valence-electron chi connectivity index (χ4n) is 0.744. The number of rotatable bonds is 1. The van der Waals surface area contributed by atoms with E-state index >= 15 is 0 Å². The van der Waals surface area contributed by atoms with Crippen LogP contribution >= 0.6 is 0 Å². The summed E-state index contributed by atoms with van der Waals surface area (Å²) in [4.78, 5) is 0. The molecule has 0 fully saturated rings. The number of aryl methyl sites for hydroxylation is 1. The average molecular weight is 136 g/mol.